The third kappa shape index (κ3) is 2.28. The molecule has 5 nitrogen and oxygen atoms in total. The van der Waals surface area contributed by atoms with Crippen LogP contribution in [0.3, 0.4) is 0 Å². The highest BCUT2D eigenvalue weighted by Gasteiger charge is 2.46. The summed E-state index contributed by atoms with van der Waals surface area (Å²) in [6.07, 6.45) is 5.18. The number of nitrogens with two attached hydrogens (primary N) is 1. The van der Waals surface area contributed by atoms with Gasteiger partial charge in [-0.05, 0) is 32.2 Å². The summed E-state index contributed by atoms with van der Waals surface area (Å²) >= 11 is 0. The van der Waals surface area contributed by atoms with Crippen LogP contribution in [0, 0.1) is 0 Å². The van der Waals surface area contributed by atoms with E-state index < -0.39 is 0 Å². The minimum atomic E-state index is 0.157. The molecule has 19 heavy (non-hydrogen) atoms. The number of hydrogen-bond donors (Lipinski definition) is 2. The first kappa shape index (κ1) is 13.3. The highest BCUT2D eigenvalue weighted by molar-refractivity contribution is 5.79. The molecule has 3 heterocycles. The van der Waals surface area contributed by atoms with Gasteiger partial charge < -0.3 is 16.0 Å². The van der Waals surface area contributed by atoms with Gasteiger partial charge in [-0.3, -0.25) is 9.69 Å². The Hall–Kier alpha value is -0.650. The van der Waals surface area contributed by atoms with Gasteiger partial charge in [0.15, 0.2) is 0 Å². The lowest BCUT2D eigenvalue weighted by atomic mass is 9.84. The van der Waals surface area contributed by atoms with E-state index in [-0.39, 0.29) is 11.6 Å². The normalized spacial score (nSPS) is 36.1. The van der Waals surface area contributed by atoms with E-state index in [0.717, 1.165) is 58.3 Å². The summed E-state index contributed by atoms with van der Waals surface area (Å²) < 4.78 is 0. The molecule has 2 atom stereocenters. The van der Waals surface area contributed by atoms with E-state index in [9.17, 15) is 4.79 Å². The van der Waals surface area contributed by atoms with Gasteiger partial charge in [-0.25, -0.2) is 0 Å². The van der Waals surface area contributed by atoms with Crippen molar-refractivity contribution in [2.75, 3.05) is 33.2 Å². The van der Waals surface area contributed by atoms with Crippen LogP contribution in [0.1, 0.15) is 32.1 Å². The molecule has 3 aliphatic heterocycles. The Morgan fingerprint density at radius 3 is 2.63 bits per heavy atom. The molecule has 0 aromatic rings. The Labute approximate surface area is 115 Å². The van der Waals surface area contributed by atoms with E-state index in [1.165, 1.54) is 0 Å². The van der Waals surface area contributed by atoms with Gasteiger partial charge in [0.2, 0.25) is 5.91 Å². The number of likely N-dealkylation sites (tertiary alicyclic amines) is 2. The van der Waals surface area contributed by atoms with Crippen molar-refractivity contribution < 1.29 is 4.79 Å². The van der Waals surface area contributed by atoms with E-state index in [0.29, 0.717) is 11.9 Å². The number of hydrogen-bond acceptors (Lipinski definition) is 4. The van der Waals surface area contributed by atoms with Gasteiger partial charge >= 0.3 is 0 Å². The fourth-order valence-corrected chi connectivity index (χ4v) is 4.12. The fourth-order valence-electron chi connectivity index (χ4n) is 4.12. The maximum absolute atomic E-state index is 11.8. The number of amides is 1. The van der Waals surface area contributed by atoms with Crippen LogP contribution in [-0.2, 0) is 4.79 Å². The summed E-state index contributed by atoms with van der Waals surface area (Å²) in [4.78, 5) is 16.4. The van der Waals surface area contributed by atoms with Crippen LogP contribution in [0.5, 0.6) is 0 Å². The quantitative estimate of drug-likeness (QED) is 0.688. The standard InChI is InChI=1S/C14H26N4O/c1-17-13(19)2-4-14(17)5-8-18(9-6-14)12-3-7-16-10-11(12)15/h11-12,16H,2-10,15H2,1H3. The van der Waals surface area contributed by atoms with Crippen molar-refractivity contribution in [1.29, 1.82) is 0 Å². The molecular formula is C14H26N4O. The van der Waals surface area contributed by atoms with Crippen molar-refractivity contribution in [3.8, 4) is 0 Å². The summed E-state index contributed by atoms with van der Waals surface area (Å²) in [5, 5.41) is 3.36. The molecule has 2 unspecified atom stereocenters. The molecule has 0 bridgehead atoms. The minimum Gasteiger partial charge on any atom is -0.340 e. The van der Waals surface area contributed by atoms with Crippen LogP contribution in [-0.4, -0.2) is 66.6 Å². The lowest BCUT2D eigenvalue weighted by Crippen LogP contribution is -2.61. The number of piperidine rings is 2. The van der Waals surface area contributed by atoms with E-state index in [2.05, 4.69) is 10.2 Å². The molecule has 0 aromatic carbocycles. The first-order chi connectivity index (χ1) is 9.12. The zero-order valence-corrected chi connectivity index (χ0v) is 11.9. The van der Waals surface area contributed by atoms with Crippen LogP contribution < -0.4 is 11.1 Å². The molecule has 0 aromatic heterocycles. The Morgan fingerprint density at radius 2 is 2.05 bits per heavy atom. The van der Waals surface area contributed by atoms with Crippen molar-refractivity contribution in [3.63, 3.8) is 0 Å². The molecular weight excluding hydrogens is 240 g/mol. The average Bonchev–Trinajstić information content (AvgIpc) is 2.70. The number of nitrogens with one attached hydrogen (secondary N) is 1. The van der Waals surface area contributed by atoms with Gasteiger partial charge in [-0.2, -0.15) is 0 Å². The lowest BCUT2D eigenvalue weighted by Gasteiger charge is -2.47. The lowest BCUT2D eigenvalue weighted by molar-refractivity contribution is -0.130. The number of carbonyl (C=O) groups is 1. The van der Waals surface area contributed by atoms with Crippen molar-refractivity contribution in [2.24, 2.45) is 5.73 Å². The molecule has 3 rings (SSSR count). The number of rotatable bonds is 1. The maximum Gasteiger partial charge on any atom is 0.222 e. The van der Waals surface area contributed by atoms with Crippen molar-refractivity contribution in [1.82, 2.24) is 15.1 Å². The highest BCUT2D eigenvalue weighted by Crippen LogP contribution is 2.38. The molecule has 3 saturated heterocycles. The summed E-state index contributed by atoms with van der Waals surface area (Å²) in [6.45, 7) is 4.20. The summed E-state index contributed by atoms with van der Waals surface area (Å²) in [6, 6.07) is 0.784. The maximum atomic E-state index is 11.8. The molecule has 1 spiro atoms. The molecule has 108 valence electrons. The molecule has 0 radical (unpaired) electrons. The Bertz CT molecular complexity index is 351. The van der Waals surface area contributed by atoms with Crippen LogP contribution in [0.2, 0.25) is 0 Å². The zero-order valence-electron chi connectivity index (χ0n) is 11.9. The van der Waals surface area contributed by atoms with Gasteiger partial charge in [0, 0.05) is 50.7 Å². The van der Waals surface area contributed by atoms with E-state index in [4.69, 9.17) is 5.73 Å². The third-order valence-electron chi connectivity index (χ3n) is 5.58. The Kier molecular flexibility index (Phi) is 3.53. The second-order valence-corrected chi connectivity index (χ2v) is 6.44. The molecule has 0 saturated carbocycles. The second kappa shape index (κ2) is 5.04. The van der Waals surface area contributed by atoms with Gasteiger partial charge in [0.25, 0.3) is 0 Å². The van der Waals surface area contributed by atoms with Crippen molar-refractivity contribution >= 4 is 5.91 Å². The summed E-state index contributed by atoms with van der Waals surface area (Å²) in [5.41, 5.74) is 6.39. The molecule has 3 N–H and O–H groups in total. The van der Waals surface area contributed by atoms with Crippen LogP contribution in [0.25, 0.3) is 0 Å². The average molecular weight is 266 g/mol. The van der Waals surface area contributed by atoms with Crippen LogP contribution in [0.4, 0.5) is 0 Å². The van der Waals surface area contributed by atoms with Gasteiger partial charge in [0.05, 0.1) is 0 Å². The highest BCUT2D eigenvalue weighted by atomic mass is 16.2. The van der Waals surface area contributed by atoms with Gasteiger partial charge in [-0.15, -0.1) is 0 Å². The smallest absolute Gasteiger partial charge is 0.222 e. The molecule has 1 amide bonds. The molecule has 3 aliphatic rings. The third-order valence-corrected chi connectivity index (χ3v) is 5.58. The van der Waals surface area contributed by atoms with Crippen molar-refractivity contribution in [2.45, 2.75) is 49.7 Å². The topological polar surface area (TPSA) is 61.6 Å². The first-order valence-corrected chi connectivity index (χ1v) is 7.59. The predicted molar refractivity (Wildman–Crippen MR) is 74.8 cm³/mol. The number of nitrogens with zero attached hydrogens (tertiary/aromatic N) is 2. The van der Waals surface area contributed by atoms with E-state index in [1.54, 1.807) is 0 Å². The van der Waals surface area contributed by atoms with E-state index in [1.807, 2.05) is 11.9 Å². The molecule has 0 aliphatic carbocycles. The van der Waals surface area contributed by atoms with Crippen LogP contribution in [0.15, 0.2) is 0 Å². The Balaban J connectivity index is 1.61. The first-order valence-electron chi connectivity index (χ1n) is 7.59. The zero-order chi connectivity index (χ0) is 13.5. The predicted octanol–water partition coefficient (Wildman–Crippen LogP) is -0.238. The SMILES string of the molecule is CN1C(=O)CCC12CCN(C1CCNCC1N)CC2. The van der Waals surface area contributed by atoms with E-state index >= 15 is 0 Å². The van der Waals surface area contributed by atoms with Crippen molar-refractivity contribution in [3.05, 3.63) is 0 Å². The second-order valence-electron chi connectivity index (χ2n) is 6.44. The molecule has 3 fully saturated rings. The number of carbonyl (C=O) groups excluding carboxylic acids is 1. The monoisotopic (exact) mass is 266 g/mol. The Morgan fingerprint density at radius 1 is 1.32 bits per heavy atom. The summed E-state index contributed by atoms with van der Waals surface area (Å²) in [7, 11) is 1.99. The largest absolute Gasteiger partial charge is 0.340 e. The fraction of sp³-hybridized carbons (Fsp3) is 0.929. The van der Waals surface area contributed by atoms with Crippen LogP contribution >= 0.6 is 0 Å². The molecule has 5 heteroatoms. The van der Waals surface area contributed by atoms with Gasteiger partial charge in [-0.1, -0.05) is 0 Å². The minimum absolute atomic E-state index is 0.157. The van der Waals surface area contributed by atoms with Gasteiger partial charge in [0.1, 0.15) is 0 Å². The summed E-state index contributed by atoms with van der Waals surface area (Å²) in [5.74, 6) is 0.326.